The zero-order valence-electron chi connectivity index (χ0n) is 21.0. The molecule has 0 bridgehead atoms. The highest BCUT2D eigenvalue weighted by atomic mass is 16.5. The van der Waals surface area contributed by atoms with Gasteiger partial charge in [-0.1, -0.05) is 0 Å². The molecule has 2 aromatic heterocycles. The van der Waals surface area contributed by atoms with E-state index < -0.39 is 0 Å². The average Bonchev–Trinajstić information content (AvgIpc) is 3.19. The Balaban J connectivity index is 1.80. The number of aryl methyl sites for hydroxylation is 1. The number of carbonyl (C=O) groups excluding carboxylic acids is 1. The molecule has 3 N–H and O–H groups in total. The molecule has 35 heavy (non-hydrogen) atoms. The summed E-state index contributed by atoms with van der Waals surface area (Å²) in [4.78, 5) is 28.0. The number of likely N-dealkylation sites (tertiary alicyclic amines) is 1. The standard InChI is InChI=1S/C26H35N7O2/c1-17-11-19-12-24(20(13-28-3)14-29-4)30-15-25(19)33(17)26(27)22-16-32(18(2)34)8-5-23(22)31-21-6-9-35-10-7-21/h11-15,21,28H,5-10,16,27H2,1-4H3/b20-13+,26-22?,29-14?,31-23?. The van der Waals surface area contributed by atoms with Gasteiger partial charge in [0.2, 0.25) is 5.91 Å². The van der Waals surface area contributed by atoms with Crippen LogP contribution in [0.3, 0.4) is 0 Å². The van der Waals surface area contributed by atoms with Crippen LogP contribution >= 0.6 is 0 Å². The highest BCUT2D eigenvalue weighted by Crippen LogP contribution is 2.27. The van der Waals surface area contributed by atoms with Crippen molar-refractivity contribution in [3.63, 3.8) is 0 Å². The number of ether oxygens (including phenoxy) is 1. The second kappa shape index (κ2) is 10.9. The Morgan fingerprint density at radius 3 is 2.77 bits per heavy atom. The summed E-state index contributed by atoms with van der Waals surface area (Å²) in [6.07, 6.45) is 8.02. The fourth-order valence-corrected chi connectivity index (χ4v) is 4.76. The van der Waals surface area contributed by atoms with Crippen LogP contribution in [0.2, 0.25) is 0 Å². The number of nitrogens with two attached hydrogens (primary N) is 1. The molecule has 0 saturated carbocycles. The Hall–Kier alpha value is -3.46. The number of piperidine rings is 1. The van der Waals surface area contributed by atoms with Crippen molar-refractivity contribution in [3.05, 3.63) is 41.5 Å². The van der Waals surface area contributed by atoms with Crippen LogP contribution in [0.4, 0.5) is 0 Å². The Labute approximate surface area is 206 Å². The zero-order chi connectivity index (χ0) is 24.9. The number of nitrogens with zero attached hydrogens (tertiary/aromatic N) is 5. The van der Waals surface area contributed by atoms with E-state index in [1.54, 1.807) is 20.2 Å². The van der Waals surface area contributed by atoms with Crippen molar-refractivity contribution >= 4 is 40.1 Å². The molecule has 1 amide bonds. The third-order valence-electron chi connectivity index (χ3n) is 6.58. The molecular formula is C26H35N7O2. The topological polar surface area (TPSA) is 110 Å². The van der Waals surface area contributed by atoms with Gasteiger partial charge in [0.25, 0.3) is 0 Å². The molecule has 4 heterocycles. The van der Waals surface area contributed by atoms with Crippen molar-refractivity contribution in [1.82, 2.24) is 19.8 Å². The van der Waals surface area contributed by atoms with Crippen molar-refractivity contribution in [2.24, 2.45) is 15.7 Å². The lowest BCUT2D eigenvalue weighted by Crippen LogP contribution is -2.41. The molecule has 0 atom stereocenters. The predicted molar refractivity (Wildman–Crippen MR) is 141 cm³/mol. The third kappa shape index (κ3) is 5.30. The number of fused-ring (bicyclic) bond motifs is 1. The minimum absolute atomic E-state index is 0.0437. The van der Waals surface area contributed by atoms with Gasteiger partial charge in [-0.2, -0.15) is 0 Å². The van der Waals surface area contributed by atoms with E-state index in [0.717, 1.165) is 65.2 Å². The molecule has 0 aliphatic carbocycles. The van der Waals surface area contributed by atoms with Gasteiger partial charge in [-0.25, -0.2) is 0 Å². The maximum absolute atomic E-state index is 12.2. The number of amides is 1. The van der Waals surface area contributed by atoms with E-state index in [2.05, 4.69) is 16.4 Å². The van der Waals surface area contributed by atoms with Crippen LogP contribution in [0.15, 0.2) is 40.1 Å². The van der Waals surface area contributed by atoms with Crippen LogP contribution in [0, 0.1) is 6.92 Å². The van der Waals surface area contributed by atoms with Crippen LogP contribution < -0.4 is 11.1 Å². The van der Waals surface area contributed by atoms with Gasteiger partial charge < -0.3 is 20.7 Å². The first kappa shape index (κ1) is 24.7. The summed E-state index contributed by atoms with van der Waals surface area (Å²) >= 11 is 0. The van der Waals surface area contributed by atoms with Crippen molar-refractivity contribution < 1.29 is 9.53 Å². The molecule has 2 aliphatic rings. The predicted octanol–water partition coefficient (Wildman–Crippen LogP) is 2.61. The van der Waals surface area contributed by atoms with Crippen molar-refractivity contribution in [1.29, 1.82) is 0 Å². The van der Waals surface area contributed by atoms with Gasteiger partial charge >= 0.3 is 0 Å². The largest absolute Gasteiger partial charge is 0.393 e. The Morgan fingerprint density at radius 2 is 2.09 bits per heavy atom. The van der Waals surface area contributed by atoms with Crippen molar-refractivity contribution in [2.45, 2.75) is 39.2 Å². The highest BCUT2D eigenvalue weighted by molar-refractivity contribution is 6.10. The van der Waals surface area contributed by atoms with E-state index in [-0.39, 0.29) is 11.9 Å². The van der Waals surface area contributed by atoms with Gasteiger partial charge in [0, 0.05) is 87.6 Å². The molecule has 4 rings (SSSR count). The molecule has 0 unspecified atom stereocenters. The summed E-state index contributed by atoms with van der Waals surface area (Å²) in [5.41, 5.74) is 12.4. The Morgan fingerprint density at radius 1 is 1.31 bits per heavy atom. The molecule has 2 saturated heterocycles. The first-order valence-electron chi connectivity index (χ1n) is 12.1. The van der Waals surface area contributed by atoms with E-state index in [9.17, 15) is 4.79 Å². The normalized spacial score (nSPS) is 20.7. The number of allylic oxidation sites excluding steroid dienone is 1. The van der Waals surface area contributed by atoms with Gasteiger partial charge in [0.05, 0.1) is 30.0 Å². The number of aromatic nitrogens is 2. The van der Waals surface area contributed by atoms with Gasteiger partial charge in [-0.15, -0.1) is 0 Å². The number of hydrogen-bond donors (Lipinski definition) is 2. The average molecular weight is 478 g/mol. The quantitative estimate of drug-likeness (QED) is 0.644. The molecule has 2 fully saturated rings. The summed E-state index contributed by atoms with van der Waals surface area (Å²) in [6.45, 7) is 6.22. The first-order valence-corrected chi connectivity index (χ1v) is 12.1. The monoisotopic (exact) mass is 477 g/mol. The minimum Gasteiger partial charge on any atom is -0.393 e. The molecule has 2 aliphatic heterocycles. The Bertz CT molecular complexity index is 1220. The van der Waals surface area contributed by atoms with Gasteiger partial charge in [0.15, 0.2) is 0 Å². The van der Waals surface area contributed by atoms with Crippen molar-refractivity contribution in [3.8, 4) is 0 Å². The van der Waals surface area contributed by atoms with E-state index in [1.807, 2.05) is 41.9 Å². The summed E-state index contributed by atoms with van der Waals surface area (Å²) in [6, 6.07) is 4.38. The third-order valence-corrected chi connectivity index (χ3v) is 6.58. The summed E-state index contributed by atoms with van der Waals surface area (Å²) in [7, 11) is 3.59. The molecule has 0 spiro atoms. The number of nitrogens with one attached hydrogen (secondary N) is 1. The maximum atomic E-state index is 12.2. The van der Waals surface area contributed by atoms with E-state index in [0.29, 0.717) is 25.3 Å². The second-order valence-corrected chi connectivity index (χ2v) is 9.00. The van der Waals surface area contributed by atoms with Gasteiger partial charge in [-0.05, 0) is 31.9 Å². The molecule has 0 radical (unpaired) electrons. The molecule has 0 aromatic carbocycles. The van der Waals surface area contributed by atoms with Crippen LogP contribution in [-0.4, -0.2) is 78.7 Å². The Kier molecular flexibility index (Phi) is 7.65. The fraction of sp³-hybridized carbons (Fsp3) is 0.462. The van der Waals surface area contributed by atoms with E-state index in [1.165, 1.54) is 0 Å². The van der Waals surface area contributed by atoms with Crippen molar-refractivity contribution in [2.75, 3.05) is 40.4 Å². The lowest BCUT2D eigenvalue weighted by Gasteiger charge is -2.31. The minimum atomic E-state index is 0.0437. The first-order chi connectivity index (χ1) is 16.9. The van der Waals surface area contributed by atoms with Crippen LogP contribution in [0.25, 0.3) is 22.3 Å². The van der Waals surface area contributed by atoms with E-state index >= 15 is 0 Å². The lowest BCUT2D eigenvalue weighted by molar-refractivity contribution is -0.128. The van der Waals surface area contributed by atoms with Gasteiger partial charge in [0.1, 0.15) is 5.82 Å². The van der Waals surface area contributed by atoms with Crippen LogP contribution in [0.5, 0.6) is 0 Å². The summed E-state index contributed by atoms with van der Waals surface area (Å²) < 4.78 is 7.53. The number of rotatable bonds is 5. The van der Waals surface area contributed by atoms with Crippen LogP contribution in [-0.2, 0) is 9.53 Å². The molecule has 2 aromatic rings. The molecule has 186 valence electrons. The number of carbonyl (C=O) groups is 1. The number of aliphatic imine (C=N–C) groups is 2. The lowest BCUT2D eigenvalue weighted by atomic mass is 10.00. The van der Waals surface area contributed by atoms with Gasteiger partial charge in [-0.3, -0.25) is 24.3 Å². The summed E-state index contributed by atoms with van der Waals surface area (Å²) in [5.74, 6) is 0.646. The number of pyridine rings is 1. The number of hydrogen-bond acceptors (Lipinski definition) is 7. The second-order valence-electron chi connectivity index (χ2n) is 9.00. The molecule has 9 heteroatoms. The maximum Gasteiger partial charge on any atom is 0.219 e. The zero-order valence-corrected chi connectivity index (χ0v) is 21.0. The molecule has 9 nitrogen and oxygen atoms in total. The smallest absolute Gasteiger partial charge is 0.219 e. The summed E-state index contributed by atoms with van der Waals surface area (Å²) in [5, 5.41) is 4.08. The fourth-order valence-electron chi connectivity index (χ4n) is 4.76. The van der Waals surface area contributed by atoms with E-state index in [4.69, 9.17) is 20.4 Å². The SMILES string of the molecule is CN=C/C(=C\NC)c1cc2cc(C)n(C(N)=C3CN(C(C)=O)CCC3=NC3CCOCC3)c2cn1. The highest BCUT2D eigenvalue weighted by Gasteiger charge is 2.27. The van der Waals surface area contributed by atoms with Crippen LogP contribution in [0.1, 0.15) is 37.6 Å². The molecular weight excluding hydrogens is 442 g/mol.